The van der Waals surface area contributed by atoms with Crippen molar-refractivity contribution in [1.29, 1.82) is 0 Å². The molecule has 5 nitrogen and oxygen atoms in total. The number of amides is 2. The summed E-state index contributed by atoms with van der Waals surface area (Å²) in [6.07, 6.45) is 2.25. The van der Waals surface area contributed by atoms with Crippen molar-refractivity contribution in [2.45, 2.75) is 31.6 Å². The van der Waals surface area contributed by atoms with Crippen molar-refractivity contribution >= 4 is 23.4 Å². The molecule has 0 aliphatic carbocycles. The van der Waals surface area contributed by atoms with Crippen molar-refractivity contribution in [1.82, 2.24) is 9.80 Å². The average molecular weight is 441 g/mol. The van der Waals surface area contributed by atoms with Crippen LogP contribution in [0.25, 0.3) is 0 Å². The second-order valence-corrected chi connectivity index (χ2v) is 8.78. The van der Waals surface area contributed by atoms with Gasteiger partial charge in [0.05, 0.1) is 5.41 Å². The normalized spacial score (nSPS) is 18.6. The summed E-state index contributed by atoms with van der Waals surface area (Å²) in [4.78, 5) is 30.4. The van der Waals surface area contributed by atoms with E-state index in [1.165, 1.54) is 5.56 Å². The van der Waals surface area contributed by atoms with Crippen LogP contribution in [0.4, 0.5) is 0 Å². The molecule has 2 heterocycles. The fourth-order valence-electron chi connectivity index (χ4n) is 4.61. The Balaban J connectivity index is 1.46. The first-order valence-electron chi connectivity index (χ1n) is 11.0. The maximum Gasteiger partial charge on any atom is 0.253 e. The van der Waals surface area contributed by atoms with Crippen LogP contribution in [0.1, 0.15) is 41.3 Å². The zero-order chi connectivity index (χ0) is 21.8. The third-order valence-electron chi connectivity index (χ3n) is 6.60. The van der Waals surface area contributed by atoms with Gasteiger partial charge in [-0.05, 0) is 54.7 Å². The summed E-state index contributed by atoms with van der Waals surface area (Å²) in [7, 11) is 0. The lowest BCUT2D eigenvalue weighted by molar-refractivity contribution is -0.142. The largest absolute Gasteiger partial charge is 0.381 e. The number of nitrogens with zero attached hydrogens (tertiary/aromatic N) is 2. The van der Waals surface area contributed by atoms with Crippen LogP contribution in [0.15, 0.2) is 48.5 Å². The van der Waals surface area contributed by atoms with Gasteiger partial charge >= 0.3 is 0 Å². The van der Waals surface area contributed by atoms with Gasteiger partial charge in [0.2, 0.25) is 5.91 Å². The molecule has 2 aliphatic rings. The SMILES string of the molecule is CCc1ccc(C(=O)N2CCN(C(=O)C3(c4cccc(Cl)c4)CCOCC3)CC2)cc1. The molecule has 31 heavy (non-hydrogen) atoms. The Morgan fingerprint density at radius 1 is 0.968 bits per heavy atom. The molecule has 6 heteroatoms. The number of carbonyl (C=O) groups excluding carboxylic acids is 2. The van der Waals surface area contributed by atoms with Crippen LogP contribution >= 0.6 is 11.6 Å². The molecule has 0 radical (unpaired) electrons. The predicted molar refractivity (Wildman–Crippen MR) is 121 cm³/mol. The van der Waals surface area contributed by atoms with Crippen molar-refractivity contribution in [2.75, 3.05) is 39.4 Å². The third kappa shape index (κ3) is 4.48. The molecule has 0 spiro atoms. The van der Waals surface area contributed by atoms with Crippen LogP contribution in [0.3, 0.4) is 0 Å². The molecule has 2 aliphatic heterocycles. The van der Waals surface area contributed by atoms with Crippen molar-refractivity contribution in [3.05, 3.63) is 70.2 Å². The lowest BCUT2D eigenvalue weighted by Crippen LogP contribution is -2.56. The second kappa shape index (κ2) is 9.41. The van der Waals surface area contributed by atoms with E-state index < -0.39 is 5.41 Å². The Kier molecular flexibility index (Phi) is 6.63. The van der Waals surface area contributed by atoms with Crippen LogP contribution in [0.5, 0.6) is 0 Å². The molecule has 0 N–H and O–H groups in total. The number of piperazine rings is 1. The number of hydrogen-bond donors (Lipinski definition) is 0. The molecule has 2 amide bonds. The molecule has 4 rings (SSSR count). The zero-order valence-electron chi connectivity index (χ0n) is 18.0. The van der Waals surface area contributed by atoms with Crippen molar-refractivity contribution in [3.63, 3.8) is 0 Å². The molecular formula is C25H29ClN2O3. The van der Waals surface area contributed by atoms with Crippen molar-refractivity contribution in [2.24, 2.45) is 0 Å². The van der Waals surface area contributed by atoms with E-state index in [9.17, 15) is 9.59 Å². The van der Waals surface area contributed by atoms with Crippen molar-refractivity contribution < 1.29 is 14.3 Å². The van der Waals surface area contributed by atoms with Crippen LogP contribution in [-0.4, -0.2) is 61.0 Å². The number of hydrogen-bond acceptors (Lipinski definition) is 3. The number of carbonyl (C=O) groups is 2. The number of benzene rings is 2. The minimum atomic E-state index is -0.606. The predicted octanol–water partition coefficient (Wildman–Crippen LogP) is 3.94. The minimum absolute atomic E-state index is 0.0328. The summed E-state index contributed by atoms with van der Waals surface area (Å²) >= 11 is 6.25. The summed E-state index contributed by atoms with van der Waals surface area (Å²) in [6, 6.07) is 15.4. The molecule has 2 aromatic rings. The first kappa shape index (κ1) is 21.8. The molecule has 0 unspecified atom stereocenters. The highest BCUT2D eigenvalue weighted by molar-refractivity contribution is 6.30. The molecule has 0 bridgehead atoms. The van der Waals surface area contributed by atoms with Crippen LogP contribution in [0.2, 0.25) is 5.02 Å². The van der Waals surface area contributed by atoms with Gasteiger partial charge < -0.3 is 14.5 Å². The second-order valence-electron chi connectivity index (χ2n) is 8.34. The van der Waals surface area contributed by atoms with Gasteiger partial charge in [0.15, 0.2) is 0 Å². The number of aryl methyl sites for hydroxylation is 1. The van der Waals surface area contributed by atoms with Crippen LogP contribution in [-0.2, 0) is 21.4 Å². The van der Waals surface area contributed by atoms with Gasteiger partial charge in [-0.15, -0.1) is 0 Å². The van der Waals surface area contributed by atoms with Gasteiger partial charge in [0.1, 0.15) is 0 Å². The summed E-state index contributed by atoms with van der Waals surface area (Å²) in [6.45, 7) is 5.39. The Labute approximate surface area is 188 Å². The smallest absolute Gasteiger partial charge is 0.253 e. The molecular weight excluding hydrogens is 412 g/mol. The van der Waals surface area contributed by atoms with Gasteiger partial charge in [-0.3, -0.25) is 9.59 Å². The number of ether oxygens (including phenoxy) is 1. The lowest BCUT2D eigenvalue weighted by Gasteiger charge is -2.43. The van der Waals surface area contributed by atoms with Gasteiger partial charge in [0.25, 0.3) is 5.91 Å². The first-order chi connectivity index (χ1) is 15.0. The average Bonchev–Trinajstić information content (AvgIpc) is 2.83. The maximum absolute atomic E-state index is 13.7. The topological polar surface area (TPSA) is 49.9 Å². The van der Waals surface area contributed by atoms with E-state index in [1.807, 2.05) is 58.3 Å². The number of halogens is 1. The molecule has 0 aromatic heterocycles. The summed E-state index contributed by atoms with van der Waals surface area (Å²) in [5.41, 5.74) is 2.28. The Hall–Kier alpha value is -2.37. The Morgan fingerprint density at radius 2 is 1.61 bits per heavy atom. The molecule has 164 valence electrons. The maximum atomic E-state index is 13.7. The van der Waals surface area contributed by atoms with Crippen LogP contribution in [0, 0.1) is 0 Å². The van der Waals surface area contributed by atoms with Gasteiger partial charge in [-0.1, -0.05) is 42.8 Å². The van der Waals surface area contributed by atoms with E-state index in [0.717, 1.165) is 12.0 Å². The van der Waals surface area contributed by atoms with E-state index in [1.54, 1.807) is 0 Å². The van der Waals surface area contributed by atoms with E-state index >= 15 is 0 Å². The molecule has 0 atom stereocenters. The molecule has 2 saturated heterocycles. The number of rotatable bonds is 4. The highest BCUT2D eigenvalue weighted by Gasteiger charge is 2.44. The van der Waals surface area contributed by atoms with Gasteiger partial charge in [-0.25, -0.2) is 0 Å². The highest BCUT2D eigenvalue weighted by Crippen LogP contribution is 2.38. The van der Waals surface area contributed by atoms with E-state index in [0.29, 0.717) is 62.8 Å². The zero-order valence-corrected chi connectivity index (χ0v) is 18.7. The summed E-state index contributed by atoms with van der Waals surface area (Å²) in [5, 5.41) is 0.640. The summed E-state index contributed by atoms with van der Waals surface area (Å²) in [5.74, 6) is 0.155. The van der Waals surface area contributed by atoms with E-state index in [-0.39, 0.29) is 11.8 Å². The fourth-order valence-corrected chi connectivity index (χ4v) is 4.80. The first-order valence-corrected chi connectivity index (χ1v) is 11.4. The van der Waals surface area contributed by atoms with E-state index in [4.69, 9.17) is 16.3 Å². The standard InChI is InChI=1S/C25H29ClN2O3/c1-2-19-6-8-20(9-7-19)23(29)27-12-14-28(15-13-27)24(30)25(10-16-31-17-11-25)21-4-3-5-22(26)18-21/h3-9,18H,2,10-17H2,1H3. The van der Waals surface area contributed by atoms with Gasteiger partial charge in [-0.2, -0.15) is 0 Å². The quantitative estimate of drug-likeness (QED) is 0.723. The third-order valence-corrected chi connectivity index (χ3v) is 6.83. The summed E-state index contributed by atoms with van der Waals surface area (Å²) < 4.78 is 5.57. The minimum Gasteiger partial charge on any atom is -0.381 e. The monoisotopic (exact) mass is 440 g/mol. The Morgan fingerprint density at radius 3 is 2.23 bits per heavy atom. The Bertz CT molecular complexity index is 930. The van der Waals surface area contributed by atoms with Gasteiger partial charge in [0, 0.05) is 50.0 Å². The van der Waals surface area contributed by atoms with E-state index in [2.05, 4.69) is 6.92 Å². The molecule has 0 saturated carbocycles. The van der Waals surface area contributed by atoms with Crippen molar-refractivity contribution in [3.8, 4) is 0 Å². The molecule has 2 aromatic carbocycles. The highest BCUT2D eigenvalue weighted by atomic mass is 35.5. The molecule has 2 fully saturated rings. The lowest BCUT2D eigenvalue weighted by atomic mass is 9.73. The fraction of sp³-hybridized carbons (Fsp3) is 0.440. The van der Waals surface area contributed by atoms with Crippen LogP contribution < -0.4 is 0 Å².